The molecule has 0 radical (unpaired) electrons. The van der Waals surface area contributed by atoms with Crippen molar-refractivity contribution < 1.29 is 35.5 Å². The van der Waals surface area contributed by atoms with Gasteiger partial charge in [-0.1, -0.05) is 0 Å². The third kappa shape index (κ3) is 6.66. The number of hydrogen-bond donors (Lipinski definition) is 1. The molecule has 1 atom stereocenters. The Bertz CT molecular complexity index is 694. The van der Waals surface area contributed by atoms with Crippen LogP contribution in [0.1, 0.15) is 5.56 Å². The van der Waals surface area contributed by atoms with Crippen LogP contribution in [-0.4, -0.2) is 53.1 Å². The van der Waals surface area contributed by atoms with Gasteiger partial charge in [0, 0.05) is 11.4 Å². The lowest BCUT2D eigenvalue weighted by molar-refractivity contribution is -0.159. The molecular weight excluding hydrogens is 421 g/mol. The number of carbonyl (C=O) groups is 1. The lowest BCUT2D eigenvalue weighted by Gasteiger charge is -2.25. The Labute approximate surface area is 159 Å². The topological polar surface area (TPSA) is 32.3 Å². The molecule has 1 aromatic carbocycles. The first-order valence-electron chi connectivity index (χ1n) is 7.57. The van der Waals surface area contributed by atoms with E-state index in [-0.39, 0.29) is 22.9 Å². The maximum absolute atomic E-state index is 14.1. The maximum Gasteiger partial charge on any atom is 0.406 e. The Morgan fingerprint density at radius 3 is 2.48 bits per heavy atom. The predicted molar refractivity (Wildman–Crippen MR) is 90.4 cm³/mol. The molecule has 0 aliphatic carbocycles. The minimum absolute atomic E-state index is 0.120. The van der Waals surface area contributed by atoms with Crippen LogP contribution in [0.4, 0.5) is 36.4 Å². The highest BCUT2D eigenvalue weighted by molar-refractivity contribution is 8.01. The molecule has 1 unspecified atom stereocenters. The first-order chi connectivity index (χ1) is 12.4. The fourth-order valence-electron chi connectivity index (χ4n) is 2.35. The second-order valence-corrected chi connectivity index (χ2v) is 7.97. The summed E-state index contributed by atoms with van der Waals surface area (Å²) in [6, 6.07) is 2.25. The smallest absolute Gasteiger partial charge is 0.380 e. The van der Waals surface area contributed by atoms with Crippen LogP contribution in [0.15, 0.2) is 17.0 Å². The molecule has 1 aliphatic heterocycles. The number of rotatable bonds is 6. The van der Waals surface area contributed by atoms with Gasteiger partial charge in [0.25, 0.3) is 0 Å². The molecule has 3 nitrogen and oxygen atoms in total. The largest absolute Gasteiger partial charge is 0.406 e. The van der Waals surface area contributed by atoms with Crippen LogP contribution in [0.25, 0.3) is 0 Å². The van der Waals surface area contributed by atoms with Crippen molar-refractivity contribution in [2.45, 2.75) is 29.5 Å². The Morgan fingerprint density at radius 2 is 1.89 bits per heavy atom. The number of carbonyl (C=O) groups excluding carboxylic acids is 1. The molecule has 1 fully saturated rings. The molecule has 1 N–H and O–H groups in total. The second-order valence-electron chi connectivity index (χ2n) is 5.78. The number of halogens is 7. The van der Waals surface area contributed by atoms with Crippen LogP contribution in [-0.2, 0) is 4.79 Å². The van der Waals surface area contributed by atoms with Crippen molar-refractivity contribution >= 4 is 35.1 Å². The number of alkyl halides is 6. The van der Waals surface area contributed by atoms with E-state index < -0.39 is 41.7 Å². The van der Waals surface area contributed by atoms with Gasteiger partial charge in [-0.15, -0.1) is 23.5 Å². The molecule has 1 aliphatic rings. The van der Waals surface area contributed by atoms with Gasteiger partial charge in [0.05, 0.1) is 22.6 Å². The van der Waals surface area contributed by atoms with Gasteiger partial charge in [-0.2, -0.15) is 26.3 Å². The van der Waals surface area contributed by atoms with E-state index in [1.54, 1.807) is 0 Å². The van der Waals surface area contributed by atoms with E-state index >= 15 is 0 Å². The lowest BCUT2D eigenvalue weighted by atomic mass is 10.2. The molecule has 2 rings (SSSR count). The molecule has 27 heavy (non-hydrogen) atoms. The highest BCUT2D eigenvalue weighted by Crippen LogP contribution is 2.33. The molecule has 0 aromatic heterocycles. The van der Waals surface area contributed by atoms with Gasteiger partial charge in [0.2, 0.25) is 5.91 Å². The third-order valence-corrected chi connectivity index (χ3v) is 5.98. The van der Waals surface area contributed by atoms with E-state index in [0.29, 0.717) is 22.2 Å². The molecule has 152 valence electrons. The number of nitrogens with one attached hydrogen (secondary N) is 1. The molecule has 1 heterocycles. The first-order valence-corrected chi connectivity index (χ1v) is 9.60. The Balaban J connectivity index is 2.07. The predicted octanol–water partition coefficient (Wildman–Crippen LogP) is 4.66. The normalized spacial score (nSPS) is 18.3. The van der Waals surface area contributed by atoms with E-state index in [1.807, 2.05) is 0 Å². The van der Waals surface area contributed by atoms with Gasteiger partial charge in [-0.05, 0) is 24.6 Å². The summed E-state index contributed by atoms with van der Waals surface area (Å²) in [6.07, 6.45) is -8.95. The molecule has 1 saturated heterocycles. The van der Waals surface area contributed by atoms with E-state index in [0.717, 1.165) is 17.8 Å². The van der Waals surface area contributed by atoms with E-state index in [4.69, 9.17) is 0 Å². The average molecular weight is 436 g/mol. The number of thioether (sulfide) groups is 2. The van der Waals surface area contributed by atoms with Crippen LogP contribution in [0, 0.1) is 12.7 Å². The standard InChI is InChI=1S/C15H15F7N2OS2/c1-8-2-9(16)10(3-11(8)27-7-15(20,21)22)23-4-13-24(6-14(17,18)19)12(25)5-26-13/h2-3,13,23H,4-7H2,1H3. The molecule has 12 heteroatoms. The summed E-state index contributed by atoms with van der Waals surface area (Å²) in [6.45, 7) is -0.119. The van der Waals surface area contributed by atoms with Crippen LogP contribution < -0.4 is 5.32 Å². The van der Waals surface area contributed by atoms with Gasteiger partial charge in [0.1, 0.15) is 12.4 Å². The van der Waals surface area contributed by atoms with Gasteiger partial charge in [0.15, 0.2) is 0 Å². The summed E-state index contributed by atoms with van der Waals surface area (Å²) >= 11 is 1.48. The van der Waals surface area contributed by atoms with Crippen molar-refractivity contribution in [2.24, 2.45) is 0 Å². The average Bonchev–Trinajstić information content (AvgIpc) is 2.83. The van der Waals surface area contributed by atoms with Crippen LogP contribution in [0.2, 0.25) is 0 Å². The summed E-state index contributed by atoms with van der Waals surface area (Å²) in [5.74, 6) is -2.67. The quantitative estimate of drug-likeness (QED) is 0.519. The number of hydrogen-bond acceptors (Lipinski definition) is 4. The summed E-state index contributed by atoms with van der Waals surface area (Å²) in [5, 5.41) is 1.75. The maximum atomic E-state index is 14.1. The lowest BCUT2D eigenvalue weighted by Crippen LogP contribution is -2.42. The highest BCUT2D eigenvalue weighted by atomic mass is 32.2. The van der Waals surface area contributed by atoms with E-state index in [9.17, 15) is 35.5 Å². The van der Waals surface area contributed by atoms with Gasteiger partial charge < -0.3 is 10.2 Å². The second kappa shape index (κ2) is 8.38. The number of amides is 1. The van der Waals surface area contributed by atoms with Crippen molar-refractivity contribution in [2.75, 3.05) is 29.9 Å². The van der Waals surface area contributed by atoms with E-state index in [2.05, 4.69) is 5.32 Å². The highest BCUT2D eigenvalue weighted by Gasteiger charge is 2.40. The van der Waals surface area contributed by atoms with Crippen molar-refractivity contribution in [3.63, 3.8) is 0 Å². The monoisotopic (exact) mass is 436 g/mol. The van der Waals surface area contributed by atoms with Crippen LogP contribution in [0.3, 0.4) is 0 Å². The number of aryl methyl sites for hydroxylation is 1. The molecule has 0 saturated carbocycles. The Morgan fingerprint density at radius 1 is 1.22 bits per heavy atom. The van der Waals surface area contributed by atoms with Gasteiger partial charge in [-0.3, -0.25) is 4.79 Å². The number of nitrogens with zero attached hydrogens (tertiary/aromatic N) is 1. The molecule has 1 aromatic rings. The van der Waals surface area contributed by atoms with Crippen molar-refractivity contribution in [1.29, 1.82) is 0 Å². The van der Waals surface area contributed by atoms with E-state index in [1.165, 1.54) is 13.0 Å². The zero-order valence-corrected chi connectivity index (χ0v) is 15.5. The summed E-state index contributed by atoms with van der Waals surface area (Å²) < 4.78 is 88.9. The minimum Gasteiger partial charge on any atom is -0.380 e. The van der Waals surface area contributed by atoms with Crippen molar-refractivity contribution in [3.05, 3.63) is 23.5 Å². The number of anilines is 1. The van der Waals surface area contributed by atoms with Crippen molar-refractivity contribution in [3.8, 4) is 0 Å². The summed E-state index contributed by atoms with van der Waals surface area (Å²) in [4.78, 5) is 12.5. The SMILES string of the molecule is Cc1cc(F)c(NCC2SCC(=O)N2CC(F)(F)F)cc1SCC(F)(F)F. The van der Waals surface area contributed by atoms with Gasteiger partial charge >= 0.3 is 12.4 Å². The first kappa shape index (κ1) is 22.0. The van der Waals surface area contributed by atoms with Crippen molar-refractivity contribution in [1.82, 2.24) is 4.90 Å². The zero-order chi connectivity index (χ0) is 20.4. The van der Waals surface area contributed by atoms with Crippen LogP contribution in [0.5, 0.6) is 0 Å². The number of benzene rings is 1. The Hall–Kier alpha value is -1.30. The fourth-order valence-corrected chi connectivity index (χ4v) is 4.23. The molecule has 0 bridgehead atoms. The van der Waals surface area contributed by atoms with Crippen LogP contribution >= 0.6 is 23.5 Å². The Kier molecular flexibility index (Phi) is 6.82. The van der Waals surface area contributed by atoms with Gasteiger partial charge in [-0.25, -0.2) is 4.39 Å². The summed E-state index contributed by atoms with van der Waals surface area (Å²) in [5.41, 5.74) is 0.189. The zero-order valence-electron chi connectivity index (χ0n) is 13.9. The third-order valence-electron chi connectivity index (χ3n) is 3.54. The fraction of sp³-hybridized carbons (Fsp3) is 0.533. The molecule has 0 spiro atoms. The molecule has 1 amide bonds. The minimum atomic E-state index is -4.56. The summed E-state index contributed by atoms with van der Waals surface area (Å²) in [7, 11) is 0. The molecular formula is C15H15F7N2OS2.